The molecule has 0 amide bonds. The molecule has 0 aromatic heterocycles. The number of benzene rings is 1. The van der Waals surface area contributed by atoms with E-state index in [2.05, 4.69) is 0 Å². The molecule has 0 aliphatic heterocycles. The molecule has 0 aliphatic carbocycles. The fourth-order valence-corrected chi connectivity index (χ4v) is 1.36. The minimum absolute atomic E-state index is 0.267. The third-order valence-corrected chi connectivity index (χ3v) is 2.80. The molecule has 0 heterocycles. The smallest absolute Gasteiger partial charge is 0.332 e. The molecule has 0 saturated heterocycles. The Bertz CT molecular complexity index is 438. The molecule has 1 aromatic rings. The number of alkyl halides is 4. The van der Waals surface area contributed by atoms with E-state index in [-0.39, 0.29) is 5.56 Å². The highest BCUT2D eigenvalue weighted by atomic mass is 19.3. The maximum absolute atomic E-state index is 13.0. The molecule has 1 rings (SSSR count). The van der Waals surface area contributed by atoms with Crippen LogP contribution in [0, 0.1) is 0 Å². The van der Waals surface area contributed by atoms with Crippen molar-refractivity contribution in [3.8, 4) is 0 Å². The summed E-state index contributed by atoms with van der Waals surface area (Å²) in [6.07, 6.45) is -3.80. The molecular formula is C12H12F4O2. The highest BCUT2D eigenvalue weighted by molar-refractivity contribution is 5.80. The van der Waals surface area contributed by atoms with E-state index in [4.69, 9.17) is 5.11 Å². The summed E-state index contributed by atoms with van der Waals surface area (Å²) in [6, 6.07) is 3.90. The van der Waals surface area contributed by atoms with Crippen molar-refractivity contribution in [1.29, 1.82) is 0 Å². The van der Waals surface area contributed by atoms with Crippen molar-refractivity contribution in [3.63, 3.8) is 0 Å². The van der Waals surface area contributed by atoms with Crippen molar-refractivity contribution in [2.45, 2.75) is 31.6 Å². The lowest BCUT2D eigenvalue weighted by Crippen LogP contribution is -2.29. The van der Waals surface area contributed by atoms with E-state index >= 15 is 0 Å². The maximum Gasteiger partial charge on any atom is 0.332 e. The van der Waals surface area contributed by atoms with Crippen molar-refractivity contribution in [1.82, 2.24) is 0 Å². The highest BCUT2D eigenvalue weighted by Gasteiger charge is 2.42. The molecule has 0 unspecified atom stereocenters. The number of rotatable bonds is 4. The zero-order valence-corrected chi connectivity index (χ0v) is 9.75. The van der Waals surface area contributed by atoms with Crippen LogP contribution in [0.3, 0.4) is 0 Å². The molecule has 0 atom stereocenters. The van der Waals surface area contributed by atoms with E-state index in [1.165, 1.54) is 13.8 Å². The van der Waals surface area contributed by atoms with Gasteiger partial charge < -0.3 is 5.11 Å². The van der Waals surface area contributed by atoms with Gasteiger partial charge in [-0.2, -0.15) is 8.78 Å². The first-order valence-electron chi connectivity index (χ1n) is 5.10. The molecule has 1 aromatic carbocycles. The number of hydrogen-bond donors (Lipinski definition) is 1. The van der Waals surface area contributed by atoms with Crippen molar-refractivity contribution >= 4 is 5.97 Å². The predicted octanol–water partition coefficient (Wildman–Crippen LogP) is 3.41. The van der Waals surface area contributed by atoms with Crippen molar-refractivity contribution < 1.29 is 27.5 Å². The first kappa shape index (κ1) is 14.5. The largest absolute Gasteiger partial charge is 0.481 e. The number of carbonyl (C=O) groups is 1. The molecule has 100 valence electrons. The van der Waals surface area contributed by atoms with Gasteiger partial charge in [0, 0.05) is 5.56 Å². The summed E-state index contributed by atoms with van der Waals surface area (Å²) in [5.74, 6) is -5.36. The highest BCUT2D eigenvalue weighted by Crippen LogP contribution is 2.35. The van der Waals surface area contributed by atoms with Gasteiger partial charge in [0.1, 0.15) is 0 Å². The van der Waals surface area contributed by atoms with Crippen LogP contribution in [0.1, 0.15) is 25.0 Å². The average molecular weight is 264 g/mol. The summed E-state index contributed by atoms with van der Waals surface area (Å²) >= 11 is 0. The van der Waals surface area contributed by atoms with Crippen LogP contribution in [-0.4, -0.2) is 17.5 Å². The molecule has 1 N–H and O–H groups in total. The zero-order chi connectivity index (χ0) is 14.1. The third kappa shape index (κ3) is 2.47. The molecule has 0 spiro atoms. The Morgan fingerprint density at radius 2 is 1.50 bits per heavy atom. The van der Waals surface area contributed by atoms with Gasteiger partial charge >= 0.3 is 18.3 Å². The molecule has 0 bridgehead atoms. The Hall–Kier alpha value is -1.59. The summed E-state index contributed by atoms with van der Waals surface area (Å²) in [5, 5.41) is 8.94. The first-order chi connectivity index (χ1) is 8.10. The van der Waals surface area contributed by atoms with Crippen LogP contribution in [0.25, 0.3) is 0 Å². The van der Waals surface area contributed by atoms with Gasteiger partial charge in [0.05, 0.1) is 5.41 Å². The second kappa shape index (κ2) is 4.59. The van der Waals surface area contributed by atoms with E-state index in [1.807, 2.05) is 0 Å². The molecule has 18 heavy (non-hydrogen) atoms. The molecule has 6 heteroatoms. The lowest BCUT2D eigenvalue weighted by molar-refractivity contribution is -0.142. The summed E-state index contributed by atoms with van der Waals surface area (Å²) in [5.41, 5.74) is -1.83. The number of carboxylic acids is 1. The predicted molar refractivity (Wildman–Crippen MR) is 57.0 cm³/mol. The minimum Gasteiger partial charge on any atom is -0.481 e. The summed E-state index contributed by atoms with van der Waals surface area (Å²) in [6.45, 7) is 2.80. The van der Waals surface area contributed by atoms with Crippen LogP contribution in [0.2, 0.25) is 0 Å². The van der Waals surface area contributed by atoms with E-state index in [0.29, 0.717) is 0 Å². The van der Waals surface area contributed by atoms with Crippen molar-refractivity contribution in [2.75, 3.05) is 0 Å². The number of aliphatic carboxylic acids is 1. The van der Waals surface area contributed by atoms with Gasteiger partial charge in [-0.25, -0.2) is 8.78 Å². The standard InChI is InChI=1S/C12H12F4O2/c1-11(2,10(17)18)7-3-5-8(6-4-7)12(15,16)9(13)14/h3-6,9H,1-2H3,(H,17,18). The normalized spacial score (nSPS) is 12.8. The number of carboxylic acid groups (broad SMARTS) is 1. The SMILES string of the molecule is CC(C)(C(=O)O)c1ccc(C(F)(F)C(F)F)cc1. The van der Waals surface area contributed by atoms with Gasteiger partial charge in [-0.1, -0.05) is 24.3 Å². The van der Waals surface area contributed by atoms with Crippen molar-refractivity contribution in [3.05, 3.63) is 35.4 Å². The molecule has 2 nitrogen and oxygen atoms in total. The second-order valence-corrected chi connectivity index (χ2v) is 4.43. The van der Waals surface area contributed by atoms with Crippen LogP contribution in [0.4, 0.5) is 17.6 Å². The first-order valence-corrected chi connectivity index (χ1v) is 5.10. The van der Waals surface area contributed by atoms with Gasteiger partial charge in [-0.15, -0.1) is 0 Å². The number of halogens is 4. The molecule has 0 aliphatic rings. The fraction of sp³-hybridized carbons (Fsp3) is 0.417. The van der Waals surface area contributed by atoms with Gasteiger partial charge in [0.15, 0.2) is 0 Å². The van der Waals surface area contributed by atoms with Crippen LogP contribution in [-0.2, 0) is 16.1 Å². The van der Waals surface area contributed by atoms with Gasteiger partial charge in [-0.05, 0) is 19.4 Å². The molecule has 0 fully saturated rings. The maximum atomic E-state index is 13.0. The van der Waals surface area contributed by atoms with Gasteiger partial charge in [0.2, 0.25) is 0 Å². The third-order valence-electron chi connectivity index (χ3n) is 2.80. The zero-order valence-electron chi connectivity index (χ0n) is 9.75. The Morgan fingerprint density at radius 1 is 1.11 bits per heavy atom. The van der Waals surface area contributed by atoms with Crippen LogP contribution < -0.4 is 0 Å². The Labute approximate surface area is 101 Å². The fourth-order valence-electron chi connectivity index (χ4n) is 1.36. The summed E-state index contributed by atoms with van der Waals surface area (Å²) in [7, 11) is 0. The van der Waals surface area contributed by atoms with Crippen molar-refractivity contribution in [2.24, 2.45) is 0 Å². The monoisotopic (exact) mass is 264 g/mol. The summed E-state index contributed by atoms with van der Waals surface area (Å²) in [4.78, 5) is 10.9. The number of hydrogen-bond acceptors (Lipinski definition) is 1. The van der Waals surface area contributed by atoms with Gasteiger partial charge in [-0.3, -0.25) is 4.79 Å². The molecular weight excluding hydrogens is 252 g/mol. The van der Waals surface area contributed by atoms with Crippen LogP contribution in [0.5, 0.6) is 0 Å². The van der Waals surface area contributed by atoms with Crippen LogP contribution >= 0.6 is 0 Å². The molecule has 0 radical (unpaired) electrons. The van der Waals surface area contributed by atoms with Gasteiger partial charge in [0.25, 0.3) is 0 Å². The second-order valence-electron chi connectivity index (χ2n) is 4.43. The van der Waals surface area contributed by atoms with E-state index in [0.717, 1.165) is 24.3 Å². The minimum atomic E-state index is -4.23. The Balaban J connectivity index is 3.12. The lowest BCUT2D eigenvalue weighted by atomic mass is 9.84. The molecule has 0 saturated carbocycles. The van der Waals surface area contributed by atoms with E-state index < -0.39 is 29.3 Å². The Kier molecular flexibility index (Phi) is 3.69. The Morgan fingerprint density at radius 3 is 1.83 bits per heavy atom. The van der Waals surface area contributed by atoms with Crippen LogP contribution in [0.15, 0.2) is 24.3 Å². The van der Waals surface area contributed by atoms with E-state index in [1.54, 1.807) is 0 Å². The van der Waals surface area contributed by atoms with E-state index in [9.17, 15) is 22.4 Å². The summed E-state index contributed by atoms with van der Waals surface area (Å²) < 4.78 is 50.2. The topological polar surface area (TPSA) is 37.3 Å². The lowest BCUT2D eigenvalue weighted by Gasteiger charge is -2.21. The quantitative estimate of drug-likeness (QED) is 0.846. The average Bonchev–Trinajstić information content (AvgIpc) is 2.28.